The van der Waals surface area contributed by atoms with E-state index in [-0.39, 0.29) is 24.8 Å². The summed E-state index contributed by atoms with van der Waals surface area (Å²) >= 11 is 0. The molecule has 0 fully saturated rings. The molecule has 0 aliphatic heterocycles. The van der Waals surface area contributed by atoms with E-state index in [2.05, 4.69) is 12.1 Å². The van der Waals surface area contributed by atoms with Gasteiger partial charge in [-0.05, 0) is 39.3 Å². The maximum absolute atomic E-state index is 12.2. The highest BCUT2D eigenvalue weighted by molar-refractivity contribution is 5.68. The zero-order valence-electron chi connectivity index (χ0n) is 14.3. The molecule has 124 valence electrons. The minimum atomic E-state index is -0.291. The molecular formula is C19H25NO3. The monoisotopic (exact) mass is 315 g/mol. The third-order valence-corrected chi connectivity index (χ3v) is 3.62. The Kier molecular flexibility index (Phi) is 5.85. The molecule has 0 spiro atoms. The Bertz CT molecular complexity index is 609. The second-order valence-electron chi connectivity index (χ2n) is 6.23. The summed E-state index contributed by atoms with van der Waals surface area (Å²) in [5.41, 5.74) is 2.06. The average molecular weight is 315 g/mol. The van der Waals surface area contributed by atoms with Crippen LogP contribution in [0.2, 0.25) is 0 Å². The Balaban J connectivity index is 1.90. The molecule has 0 saturated carbocycles. The van der Waals surface area contributed by atoms with E-state index in [0.29, 0.717) is 0 Å². The Hall–Kier alpha value is -2.23. The van der Waals surface area contributed by atoms with Crippen molar-refractivity contribution >= 4 is 6.09 Å². The molecule has 4 nitrogen and oxygen atoms in total. The lowest BCUT2D eigenvalue weighted by molar-refractivity contribution is 0.0737. The van der Waals surface area contributed by atoms with Gasteiger partial charge in [0.2, 0.25) is 0 Å². The summed E-state index contributed by atoms with van der Waals surface area (Å²) in [6.45, 7) is 8.16. The first-order valence-corrected chi connectivity index (χ1v) is 8.02. The zero-order valence-corrected chi connectivity index (χ0v) is 14.3. The largest absolute Gasteiger partial charge is 0.469 e. The lowest BCUT2D eigenvalue weighted by Crippen LogP contribution is -2.42. The first kappa shape index (κ1) is 17.1. The van der Waals surface area contributed by atoms with Crippen molar-refractivity contribution in [1.82, 2.24) is 4.90 Å². The summed E-state index contributed by atoms with van der Waals surface area (Å²) in [6, 6.07) is 12.3. The topological polar surface area (TPSA) is 42.7 Å². The van der Waals surface area contributed by atoms with Crippen LogP contribution in [0.4, 0.5) is 4.79 Å². The Morgan fingerprint density at radius 1 is 1.09 bits per heavy atom. The number of furan rings is 1. The Morgan fingerprint density at radius 2 is 1.74 bits per heavy atom. The SMILES string of the molecule is CC(C)N(C(=O)OCc1coc(Cc2ccccc2)c1)C(C)C. The van der Waals surface area contributed by atoms with Crippen LogP contribution in [-0.2, 0) is 17.8 Å². The molecule has 1 heterocycles. The molecule has 0 unspecified atom stereocenters. The fourth-order valence-electron chi connectivity index (χ4n) is 2.63. The molecule has 4 heteroatoms. The minimum Gasteiger partial charge on any atom is -0.469 e. The molecule has 1 amide bonds. The van der Waals surface area contributed by atoms with Gasteiger partial charge in [0.05, 0.1) is 6.26 Å². The summed E-state index contributed by atoms with van der Waals surface area (Å²) in [6.07, 6.45) is 2.10. The molecular weight excluding hydrogens is 290 g/mol. The number of carbonyl (C=O) groups excluding carboxylic acids is 1. The van der Waals surface area contributed by atoms with Crippen molar-refractivity contribution in [3.8, 4) is 0 Å². The average Bonchev–Trinajstić information content (AvgIpc) is 2.93. The molecule has 0 bridgehead atoms. The van der Waals surface area contributed by atoms with Crippen LogP contribution in [0, 0.1) is 0 Å². The molecule has 0 aliphatic carbocycles. The second kappa shape index (κ2) is 7.86. The number of benzene rings is 1. The van der Waals surface area contributed by atoms with Crippen molar-refractivity contribution in [2.24, 2.45) is 0 Å². The predicted octanol–water partition coefficient (Wildman–Crippen LogP) is 4.63. The van der Waals surface area contributed by atoms with E-state index in [1.54, 1.807) is 11.2 Å². The van der Waals surface area contributed by atoms with Gasteiger partial charge in [-0.3, -0.25) is 0 Å². The number of carbonyl (C=O) groups is 1. The second-order valence-corrected chi connectivity index (χ2v) is 6.23. The Labute approximate surface area is 138 Å². The molecule has 0 N–H and O–H groups in total. The molecule has 0 saturated heterocycles. The van der Waals surface area contributed by atoms with Crippen LogP contribution in [0.25, 0.3) is 0 Å². The van der Waals surface area contributed by atoms with Crippen LogP contribution in [0.1, 0.15) is 44.6 Å². The smallest absolute Gasteiger partial charge is 0.410 e. The molecule has 2 aromatic rings. The van der Waals surface area contributed by atoms with Gasteiger partial charge in [0.1, 0.15) is 12.4 Å². The summed E-state index contributed by atoms with van der Waals surface area (Å²) < 4.78 is 11.0. The lowest BCUT2D eigenvalue weighted by atomic mass is 10.1. The van der Waals surface area contributed by atoms with Crippen LogP contribution in [0.3, 0.4) is 0 Å². The maximum Gasteiger partial charge on any atom is 0.410 e. The zero-order chi connectivity index (χ0) is 16.8. The predicted molar refractivity (Wildman–Crippen MR) is 90.3 cm³/mol. The third-order valence-electron chi connectivity index (χ3n) is 3.62. The molecule has 1 aromatic carbocycles. The minimum absolute atomic E-state index is 0.112. The first-order chi connectivity index (χ1) is 11.0. The highest BCUT2D eigenvalue weighted by Crippen LogP contribution is 2.15. The summed E-state index contributed by atoms with van der Waals surface area (Å²) in [4.78, 5) is 13.9. The van der Waals surface area contributed by atoms with Crippen molar-refractivity contribution in [1.29, 1.82) is 0 Å². The molecule has 23 heavy (non-hydrogen) atoms. The molecule has 1 aromatic heterocycles. The van der Waals surface area contributed by atoms with Crippen molar-refractivity contribution in [2.75, 3.05) is 0 Å². The third kappa shape index (κ3) is 4.88. The van der Waals surface area contributed by atoms with Gasteiger partial charge >= 0.3 is 6.09 Å². The number of ether oxygens (including phenoxy) is 1. The van der Waals surface area contributed by atoms with Crippen LogP contribution in [0.5, 0.6) is 0 Å². The van der Waals surface area contributed by atoms with E-state index in [1.165, 1.54) is 5.56 Å². The van der Waals surface area contributed by atoms with Crippen molar-refractivity contribution in [3.63, 3.8) is 0 Å². The van der Waals surface area contributed by atoms with Gasteiger partial charge in [0, 0.05) is 24.1 Å². The van der Waals surface area contributed by atoms with E-state index in [4.69, 9.17) is 9.15 Å². The van der Waals surface area contributed by atoms with Gasteiger partial charge in [0.25, 0.3) is 0 Å². The molecule has 0 aliphatic rings. The quantitative estimate of drug-likeness (QED) is 0.781. The fraction of sp³-hybridized carbons (Fsp3) is 0.421. The van der Waals surface area contributed by atoms with E-state index < -0.39 is 0 Å². The molecule has 2 rings (SSSR count). The lowest BCUT2D eigenvalue weighted by Gasteiger charge is -2.29. The van der Waals surface area contributed by atoms with E-state index in [1.807, 2.05) is 52.0 Å². The summed E-state index contributed by atoms with van der Waals surface area (Å²) in [5, 5.41) is 0. The van der Waals surface area contributed by atoms with Gasteiger partial charge in [-0.2, -0.15) is 0 Å². The molecule has 0 radical (unpaired) electrons. The van der Waals surface area contributed by atoms with E-state index in [0.717, 1.165) is 17.7 Å². The van der Waals surface area contributed by atoms with Crippen LogP contribution < -0.4 is 0 Å². The number of hydrogen-bond donors (Lipinski definition) is 0. The van der Waals surface area contributed by atoms with Crippen LogP contribution in [-0.4, -0.2) is 23.1 Å². The van der Waals surface area contributed by atoms with E-state index >= 15 is 0 Å². The molecule has 0 atom stereocenters. The maximum atomic E-state index is 12.2. The number of nitrogens with zero attached hydrogens (tertiary/aromatic N) is 1. The highest BCUT2D eigenvalue weighted by Gasteiger charge is 2.21. The van der Waals surface area contributed by atoms with Gasteiger partial charge < -0.3 is 14.1 Å². The first-order valence-electron chi connectivity index (χ1n) is 8.02. The van der Waals surface area contributed by atoms with Gasteiger partial charge in [0.15, 0.2) is 0 Å². The number of hydrogen-bond acceptors (Lipinski definition) is 3. The fourth-order valence-corrected chi connectivity index (χ4v) is 2.63. The van der Waals surface area contributed by atoms with Gasteiger partial charge in [-0.25, -0.2) is 4.79 Å². The normalized spacial score (nSPS) is 11.0. The summed E-state index contributed by atoms with van der Waals surface area (Å²) in [7, 11) is 0. The van der Waals surface area contributed by atoms with Crippen LogP contribution >= 0.6 is 0 Å². The van der Waals surface area contributed by atoms with Crippen molar-refractivity contribution in [2.45, 2.75) is 52.8 Å². The number of rotatable bonds is 6. The van der Waals surface area contributed by atoms with Crippen molar-refractivity contribution in [3.05, 3.63) is 59.5 Å². The number of amides is 1. The van der Waals surface area contributed by atoms with Crippen LogP contribution in [0.15, 0.2) is 47.1 Å². The highest BCUT2D eigenvalue weighted by atomic mass is 16.6. The van der Waals surface area contributed by atoms with Gasteiger partial charge in [-0.15, -0.1) is 0 Å². The summed E-state index contributed by atoms with van der Waals surface area (Å²) in [5.74, 6) is 0.867. The van der Waals surface area contributed by atoms with Crippen molar-refractivity contribution < 1.29 is 13.9 Å². The Morgan fingerprint density at radius 3 is 2.35 bits per heavy atom. The van der Waals surface area contributed by atoms with Gasteiger partial charge in [-0.1, -0.05) is 30.3 Å². The van der Waals surface area contributed by atoms with E-state index in [9.17, 15) is 4.79 Å². The standard InChI is InChI=1S/C19H25NO3/c1-14(2)20(15(3)4)19(21)23-13-17-11-18(22-12-17)10-16-8-6-5-7-9-16/h5-9,11-12,14-15H,10,13H2,1-4H3.